The van der Waals surface area contributed by atoms with Crippen LogP contribution in [0.25, 0.3) is 0 Å². The first-order valence-corrected chi connectivity index (χ1v) is 6.51. The van der Waals surface area contributed by atoms with Crippen LogP contribution in [0.3, 0.4) is 0 Å². The van der Waals surface area contributed by atoms with E-state index in [1.807, 2.05) is 7.05 Å². The Labute approximate surface area is 114 Å². The fourth-order valence-corrected chi connectivity index (χ4v) is 1.65. The second-order valence-corrected chi connectivity index (χ2v) is 5.84. The Morgan fingerprint density at radius 2 is 2.11 bits per heavy atom. The molecule has 0 fully saturated rings. The van der Waals surface area contributed by atoms with Crippen molar-refractivity contribution in [1.29, 1.82) is 0 Å². The van der Waals surface area contributed by atoms with E-state index in [1.54, 1.807) is 11.8 Å². The SMILES string of the molecule is COCCCN(C)Cn1nc(C(C)(C)C)oc1=S. The van der Waals surface area contributed by atoms with E-state index in [-0.39, 0.29) is 5.41 Å². The summed E-state index contributed by atoms with van der Waals surface area (Å²) in [6.45, 7) is 8.51. The highest BCUT2D eigenvalue weighted by Crippen LogP contribution is 2.20. The molecule has 1 aromatic heterocycles. The van der Waals surface area contributed by atoms with Crippen LogP contribution in [0.1, 0.15) is 33.1 Å². The zero-order valence-corrected chi connectivity index (χ0v) is 12.7. The van der Waals surface area contributed by atoms with E-state index >= 15 is 0 Å². The molecule has 104 valence electrons. The molecule has 0 aliphatic rings. The molecular weight excluding hydrogens is 250 g/mol. The second-order valence-electron chi connectivity index (χ2n) is 5.49. The summed E-state index contributed by atoms with van der Waals surface area (Å²) in [5.74, 6) is 0.679. The van der Waals surface area contributed by atoms with Gasteiger partial charge in [0.1, 0.15) is 0 Å². The van der Waals surface area contributed by atoms with Crippen LogP contribution in [0.5, 0.6) is 0 Å². The van der Waals surface area contributed by atoms with Gasteiger partial charge in [0.15, 0.2) is 0 Å². The summed E-state index contributed by atoms with van der Waals surface area (Å²) in [7, 11) is 3.74. The fraction of sp³-hybridized carbons (Fsp3) is 0.833. The fourth-order valence-electron chi connectivity index (χ4n) is 1.48. The van der Waals surface area contributed by atoms with Crippen molar-refractivity contribution in [3.63, 3.8) is 0 Å². The topological polar surface area (TPSA) is 43.4 Å². The number of ether oxygens (including phenoxy) is 1. The molecule has 0 atom stereocenters. The molecule has 0 radical (unpaired) electrons. The van der Waals surface area contributed by atoms with E-state index in [1.165, 1.54) is 0 Å². The lowest BCUT2D eigenvalue weighted by Crippen LogP contribution is -2.25. The van der Waals surface area contributed by atoms with Gasteiger partial charge in [-0.2, -0.15) is 0 Å². The first-order chi connectivity index (χ1) is 8.34. The van der Waals surface area contributed by atoms with E-state index in [0.29, 0.717) is 17.4 Å². The second kappa shape index (κ2) is 6.45. The van der Waals surface area contributed by atoms with E-state index < -0.39 is 0 Å². The minimum absolute atomic E-state index is 0.118. The smallest absolute Gasteiger partial charge is 0.288 e. The normalized spacial score (nSPS) is 12.3. The number of aromatic nitrogens is 2. The summed E-state index contributed by atoms with van der Waals surface area (Å²) < 4.78 is 12.3. The molecule has 0 saturated heterocycles. The van der Waals surface area contributed by atoms with Crippen LogP contribution in [-0.2, 0) is 16.8 Å². The molecule has 6 heteroatoms. The molecule has 0 spiro atoms. The van der Waals surface area contributed by atoms with Crippen LogP contribution in [0.4, 0.5) is 0 Å². The Balaban J connectivity index is 2.62. The molecule has 0 aliphatic heterocycles. The Bertz CT molecular complexity index is 420. The molecule has 0 N–H and O–H groups in total. The van der Waals surface area contributed by atoms with Gasteiger partial charge in [0.25, 0.3) is 4.84 Å². The maximum Gasteiger partial charge on any atom is 0.288 e. The summed E-state index contributed by atoms with van der Waals surface area (Å²) in [4.78, 5) is 2.57. The molecule has 0 amide bonds. The molecule has 0 saturated carbocycles. The molecule has 0 unspecified atom stereocenters. The minimum atomic E-state index is -0.118. The van der Waals surface area contributed by atoms with Crippen molar-refractivity contribution >= 4 is 12.2 Å². The molecule has 0 bridgehead atoms. The van der Waals surface area contributed by atoms with Crippen LogP contribution >= 0.6 is 12.2 Å². The molecule has 18 heavy (non-hydrogen) atoms. The summed E-state index contributed by atoms with van der Waals surface area (Å²) >= 11 is 5.18. The monoisotopic (exact) mass is 273 g/mol. The van der Waals surface area contributed by atoms with Gasteiger partial charge in [-0.05, 0) is 25.7 Å². The number of hydrogen-bond acceptors (Lipinski definition) is 5. The molecule has 1 aromatic rings. The molecule has 5 nitrogen and oxygen atoms in total. The van der Waals surface area contributed by atoms with Crippen molar-refractivity contribution in [3.8, 4) is 0 Å². The van der Waals surface area contributed by atoms with E-state index in [4.69, 9.17) is 21.4 Å². The first-order valence-electron chi connectivity index (χ1n) is 6.10. The zero-order chi connectivity index (χ0) is 13.8. The summed E-state index contributed by atoms with van der Waals surface area (Å²) in [6, 6.07) is 0. The molecule has 1 heterocycles. The predicted molar refractivity (Wildman–Crippen MR) is 73.2 cm³/mol. The summed E-state index contributed by atoms with van der Waals surface area (Å²) in [6.07, 6.45) is 0.990. The maximum atomic E-state index is 5.52. The predicted octanol–water partition coefficient (Wildman–Crippen LogP) is 2.43. The highest BCUT2D eigenvalue weighted by atomic mass is 32.1. The third-order valence-corrected chi connectivity index (χ3v) is 2.81. The van der Waals surface area contributed by atoms with Crippen molar-refractivity contribution in [3.05, 3.63) is 10.7 Å². The van der Waals surface area contributed by atoms with E-state index in [2.05, 4.69) is 30.8 Å². The Morgan fingerprint density at radius 3 is 2.61 bits per heavy atom. The largest absolute Gasteiger partial charge is 0.413 e. The highest BCUT2D eigenvalue weighted by Gasteiger charge is 2.21. The lowest BCUT2D eigenvalue weighted by molar-refractivity contribution is 0.167. The lowest BCUT2D eigenvalue weighted by Gasteiger charge is -2.15. The number of nitrogens with zero attached hydrogens (tertiary/aromatic N) is 3. The third kappa shape index (κ3) is 4.51. The van der Waals surface area contributed by atoms with Gasteiger partial charge in [-0.1, -0.05) is 20.8 Å². The van der Waals surface area contributed by atoms with Gasteiger partial charge >= 0.3 is 0 Å². The van der Waals surface area contributed by atoms with Gasteiger partial charge in [0.05, 0.1) is 6.67 Å². The number of rotatable bonds is 6. The van der Waals surface area contributed by atoms with Crippen LogP contribution in [0, 0.1) is 4.84 Å². The standard InChI is InChI=1S/C12H23N3O2S/c1-12(2,3)10-13-15(11(18)17-10)9-14(4)7-6-8-16-5/h6-9H2,1-5H3. The molecule has 0 aliphatic carbocycles. The lowest BCUT2D eigenvalue weighted by atomic mass is 9.97. The van der Waals surface area contributed by atoms with Crippen molar-refractivity contribution in [2.24, 2.45) is 0 Å². The average molecular weight is 273 g/mol. The molecule has 1 rings (SSSR count). The quantitative estimate of drug-likeness (QED) is 0.588. The zero-order valence-electron chi connectivity index (χ0n) is 11.9. The van der Waals surface area contributed by atoms with Gasteiger partial charge in [0, 0.05) is 25.7 Å². The van der Waals surface area contributed by atoms with Gasteiger partial charge in [-0.15, -0.1) is 5.10 Å². The first kappa shape index (κ1) is 15.3. The number of hydrogen-bond donors (Lipinski definition) is 0. The summed E-state index contributed by atoms with van der Waals surface area (Å²) in [5.41, 5.74) is -0.118. The third-order valence-electron chi connectivity index (χ3n) is 2.51. The van der Waals surface area contributed by atoms with Crippen LogP contribution in [0.15, 0.2) is 4.42 Å². The Hall–Kier alpha value is -0.720. The van der Waals surface area contributed by atoms with Gasteiger partial charge in [-0.25, -0.2) is 4.68 Å². The molecule has 0 aromatic carbocycles. The van der Waals surface area contributed by atoms with Crippen molar-refractivity contribution < 1.29 is 9.15 Å². The van der Waals surface area contributed by atoms with Gasteiger partial charge < -0.3 is 9.15 Å². The molecular formula is C12H23N3O2S. The van der Waals surface area contributed by atoms with Gasteiger partial charge in [-0.3, -0.25) is 4.90 Å². The average Bonchev–Trinajstić information content (AvgIpc) is 2.60. The van der Waals surface area contributed by atoms with Crippen LogP contribution < -0.4 is 0 Å². The Morgan fingerprint density at radius 1 is 1.44 bits per heavy atom. The van der Waals surface area contributed by atoms with Crippen LogP contribution in [0.2, 0.25) is 0 Å². The number of methoxy groups -OCH3 is 1. The van der Waals surface area contributed by atoms with E-state index in [0.717, 1.165) is 19.6 Å². The Kier molecular flexibility index (Phi) is 5.49. The van der Waals surface area contributed by atoms with Crippen molar-refractivity contribution in [2.45, 2.75) is 39.3 Å². The minimum Gasteiger partial charge on any atom is -0.413 e. The highest BCUT2D eigenvalue weighted by molar-refractivity contribution is 7.71. The maximum absolute atomic E-state index is 5.52. The van der Waals surface area contributed by atoms with Crippen molar-refractivity contribution in [1.82, 2.24) is 14.7 Å². The van der Waals surface area contributed by atoms with E-state index in [9.17, 15) is 0 Å². The van der Waals surface area contributed by atoms with Crippen molar-refractivity contribution in [2.75, 3.05) is 27.3 Å². The van der Waals surface area contributed by atoms with Crippen LogP contribution in [-0.4, -0.2) is 42.0 Å². The van der Waals surface area contributed by atoms with Gasteiger partial charge in [0.2, 0.25) is 5.89 Å². The summed E-state index contributed by atoms with van der Waals surface area (Å²) in [5, 5.41) is 4.42.